The minimum absolute atomic E-state index is 0.124. The Morgan fingerprint density at radius 2 is 1.66 bits per heavy atom. The molecule has 1 N–H and O–H groups in total. The number of halogens is 3. The van der Waals surface area contributed by atoms with Crippen LogP contribution < -0.4 is 10.2 Å². The molecule has 4 nitrogen and oxygen atoms in total. The molecule has 0 atom stereocenters. The zero-order chi connectivity index (χ0) is 20.6. The monoisotopic (exact) mass is 430 g/mol. The summed E-state index contributed by atoms with van der Waals surface area (Å²) in [6.45, 7) is 0.365. The minimum Gasteiger partial charge on any atom is -0.489 e. The summed E-state index contributed by atoms with van der Waals surface area (Å²) in [5.41, 5.74) is 4.87. The first-order valence-electron chi connectivity index (χ1n) is 8.73. The van der Waals surface area contributed by atoms with Gasteiger partial charge in [-0.15, -0.1) is 0 Å². The van der Waals surface area contributed by atoms with Crippen molar-refractivity contribution in [2.75, 3.05) is 0 Å². The van der Waals surface area contributed by atoms with Crippen molar-refractivity contribution in [1.82, 2.24) is 5.43 Å². The van der Waals surface area contributed by atoms with Crippen molar-refractivity contribution < 1.29 is 13.9 Å². The lowest BCUT2D eigenvalue weighted by atomic mass is 10.1. The van der Waals surface area contributed by atoms with Crippen LogP contribution in [-0.2, 0) is 17.8 Å². The fourth-order valence-corrected chi connectivity index (χ4v) is 2.77. The van der Waals surface area contributed by atoms with Crippen molar-refractivity contribution in [2.45, 2.75) is 13.0 Å². The molecule has 0 unspecified atom stereocenters. The molecule has 0 fully saturated rings. The normalized spacial score (nSPS) is 10.9. The number of nitrogens with zero attached hydrogens (tertiary/aromatic N) is 1. The quantitative estimate of drug-likeness (QED) is 0.402. The number of nitrogens with one attached hydrogen (secondary N) is 1. The smallest absolute Gasteiger partial charge is 0.244 e. The van der Waals surface area contributed by atoms with Crippen LogP contribution in [-0.4, -0.2) is 12.1 Å². The van der Waals surface area contributed by atoms with Crippen molar-refractivity contribution >= 4 is 35.3 Å². The van der Waals surface area contributed by atoms with E-state index in [-0.39, 0.29) is 18.1 Å². The Bertz CT molecular complexity index is 1010. The molecule has 3 aromatic carbocycles. The van der Waals surface area contributed by atoms with Crippen molar-refractivity contribution in [3.63, 3.8) is 0 Å². The third-order valence-electron chi connectivity index (χ3n) is 3.95. The predicted molar refractivity (Wildman–Crippen MR) is 113 cm³/mol. The zero-order valence-electron chi connectivity index (χ0n) is 15.2. The van der Waals surface area contributed by atoms with Crippen LogP contribution >= 0.6 is 23.2 Å². The Kier molecular flexibility index (Phi) is 7.22. The molecular formula is C22H17Cl2FN2O2. The van der Waals surface area contributed by atoms with E-state index in [0.29, 0.717) is 28.0 Å². The third kappa shape index (κ3) is 6.59. The lowest BCUT2D eigenvalue weighted by Crippen LogP contribution is -2.19. The highest BCUT2D eigenvalue weighted by Gasteiger charge is 2.03. The van der Waals surface area contributed by atoms with Crippen molar-refractivity contribution in [2.24, 2.45) is 5.10 Å². The van der Waals surface area contributed by atoms with Gasteiger partial charge in [-0.1, -0.05) is 41.4 Å². The second-order valence-corrected chi connectivity index (χ2v) is 7.02. The maximum absolute atomic E-state index is 12.9. The molecule has 3 aromatic rings. The lowest BCUT2D eigenvalue weighted by Gasteiger charge is -2.07. The van der Waals surface area contributed by atoms with Crippen LogP contribution in [0.3, 0.4) is 0 Å². The number of hydrazone groups is 1. The van der Waals surface area contributed by atoms with Crippen molar-refractivity contribution in [3.05, 3.63) is 99.3 Å². The molecule has 0 aliphatic carbocycles. The van der Waals surface area contributed by atoms with Crippen LogP contribution in [0.5, 0.6) is 5.75 Å². The van der Waals surface area contributed by atoms with Gasteiger partial charge in [-0.3, -0.25) is 4.79 Å². The summed E-state index contributed by atoms with van der Waals surface area (Å²) in [6, 6.07) is 18.4. The Morgan fingerprint density at radius 1 is 0.966 bits per heavy atom. The maximum Gasteiger partial charge on any atom is 0.244 e. The van der Waals surface area contributed by atoms with Gasteiger partial charge in [0.15, 0.2) is 0 Å². The molecule has 1 amide bonds. The van der Waals surface area contributed by atoms with Crippen LogP contribution in [0.15, 0.2) is 71.8 Å². The van der Waals surface area contributed by atoms with E-state index in [1.807, 2.05) is 18.2 Å². The molecule has 3 rings (SSSR count). The highest BCUT2D eigenvalue weighted by atomic mass is 35.5. The number of carbonyl (C=O) groups is 1. The maximum atomic E-state index is 12.9. The Morgan fingerprint density at radius 3 is 2.34 bits per heavy atom. The first-order chi connectivity index (χ1) is 14.0. The number of benzene rings is 3. The Hall–Kier alpha value is -2.89. The van der Waals surface area contributed by atoms with Gasteiger partial charge in [0.05, 0.1) is 22.7 Å². The number of hydrogen-bond donors (Lipinski definition) is 1. The van der Waals surface area contributed by atoms with Gasteiger partial charge in [-0.05, 0) is 65.2 Å². The highest BCUT2D eigenvalue weighted by Crippen LogP contribution is 2.23. The highest BCUT2D eigenvalue weighted by molar-refractivity contribution is 6.42. The van der Waals surface area contributed by atoms with Gasteiger partial charge >= 0.3 is 0 Å². The first kappa shape index (κ1) is 20.8. The van der Waals surface area contributed by atoms with Gasteiger partial charge in [-0.2, -0.15) is 5.10 Å². The number of amides is 1. The second-order valence-electron chi connectivity index (χ2n) is 6.20. The van der Waals surface area contributed by atoms with Gasteiger partial charge < -0.3 is 4.74 Å². The Balaban J connectivity index is 1.47. The number of hydrogen-bond acceptors (Lipinski definition) is 3. The number of rotatable bonds is 7. The van der Waals surface area contributed by atoms with E-state index in [1.165, 1.54) is 18.3 Å². The lowest BCUT2D eigenvalue weighted by molar-refractivity contribution is -0.120. The van der Waals surface area contributed by atoms with Gasteiger partial charge in [-0.25, -0.2) is 9.82 Å². The standard InChI is InChI=1S/C22H17Cl2FN2O2/c23-20-10-5-17(11-21(20)24)14-29-19-8-3-16(4-9-19)13-26-27-22(28)12-15-1-6-18(25)7-2-15/h1-11,13H,12,14H2,(H,27,28)/b26-13+. The summed E-state index contributed by atoms with van der Waals surface area (Å²) < 4.78 is 18.6. The van der Waals surface area contributed by atoms with E-state index < -0.39 is 0 Å². The van der Waals surface area contributed by atoms with E-state index in [1.54, 1.807) is 36.4 Å². The minimum atomic E-state index is -0.337. The van der Waals surface area contributed by atoms with Crippen LogP contribution in [0.1, 0.15) is 16.7 Å². The summed E-state index contributed by atoms with van der Waals surface area (Å²) >= 11 is 11.9. The fourth-order valence-electron chi connectivity index (χ4n) is 2.45. The molecule has 0 spiro atoms. The molecule has 0 radical (unpaired) electrons. The average Bonchev–Trinajstić information content (AvgIpc) is 2.71. The van der Waals surface area contributed by atoms with Crippen LogP contribution in [0.2, 0.25) is 10.0 Å². The van der Waals surface area contributed by atoms with E-state index >= 15 is 0 Å². The summed E-state index contributed by atoms with van der Waals surface area (Å²) in [6.07, 6.45) is 1.66. The molecule has 0 saturated heterocycles. The first-order valence-corrected chi connectivity index (χ1v) is 9.48. The average molecular weight is 431 g/mol. The largest absolute Gasteiger partial charge is 0.489 e. The van der Waals surface area contributed by atoms with Gasteiger partial charge in [0.25, 0.3) is 0 Å². The number of carbonyl (C=O) groups excluding carboxylic acids is 1. The zero-order valence-corrected chi connectivity index (χ0v) is 16.8. The predicted octanol–water partition coefficient (Wildman–Crippen LogP) is 5.40. The Labute approximate surface area is 177 Å². The molecule has 0 bridgehead atoms. The molecule has 0 aromatic heterocycles. The summed E-state index contributed by atoms with van der Waals surface area (Å²) in [4.78, 5) is 11.9. The van der Waals surface area contributed by atoms with Crippen LogP contribution in [0.4, 0.5) is 4.39 Å². The van der Waals surface area contributed by atoms with E-state index in [0.717, 1.165) is 11.1 Å². The molecule has 0 aliphatic heterocycles. The molecule has 0 saturated carbocycles. The number of ether oxygens (including phenoxy) is 1. The molecule has 148 valence electrons. The topological polar surface area (TPSA) is 50.7 Å². The van der Waals surface area contributed by atoms with Crippen molar-refractivity contribution in [1.29, 1.82) is 0 Å². The van der Waals surface area contributed by atoms with Gasteiger partial charge in [0.2, 0.25) is 5.91 Å². The van der Waals surface area contributed by atoms with E-state index in [9.17, 15) is 9.18 Å². The van der Waals surface area contributed by atoms with Crippen LogP contribution in [0, 0.1) is 5.82 Å². The van der Waals surface area contributed by atoms with Crippen molar-refractivity contribution in [3.8, 4) is 5.75 Å². The van der Waals surface area contributed by atoms with E-state index in [4.69, 9.17) is 27.9 Å². The van der Waals surface area contributed by atoms with Gasteiger partial charge in [0, 0.05) is 0 Å². The summed E-state index contributed by atoms with van der Waals surface area (Å²) in [5, 5.41) is 4.92. The van der Waals surface area contributed by atoms with E-state index in [2.05, 4.69) is 10.5 Å². The molecule has 0 heterocycles. The molecular weight excluding hydrogens is 414 g/mol. The van der Waals surface area contributed by atoms with Crippen LogP contribution in [0.25, 0.3) is 0 Å². The second kappa shape index (κ2) is 10.0. The molecule has 0 aliphatic rings. The molecule has 29 heavy (non-hydrogen) atoms. The summed E-state index contributed by atoms with van der Waals surface area (Å²) in [5.74, 6) is 0.0691. The molecule has 7 heteroatoms. The third-order valence-corrected chi connectivity index (χ3v) is 4.69. The van der Waals surface area contributed by atoms with Gasteiger partial charge in [0.1, 0.15) is 18.2 Å². The SMILES string of the molecule is O=C(Cc1ccc(F)cc1)N/N=C/c1ccc(OCc2ccc(Cl)c(Cl)c2)cc1. The fraction of sp³-hybridized carbons (Fsp3) is 0.0909. The summed E-state index contributed by atoms with van der Waals surface area (Å²) in [7, 11) is 0.